The maximum atomic E-state index is 12.1. The summed E-state index contributed by atoms with van der Waals surface area (Å²) in [5, 5.41) is 11.0. The first-order chi connectivity index (χ1) is 10.2. The Bertz CT molecular complexity index is 535. The van der Waals surface area contributed by atoms with Gasteiger partial charge >= 0.3 is 11.9 Å². The molecule has 0 spiro atoms. The third kappa shape index (κ3) is 2.26. The van der Waals surface area contributed by atoms with Crippen LogP contribution in [-0.2, 0) is 19.1 Å². The minimum atomic E-state index is -0.949. The van der Waals surface area contributed by atoms with E-state index in [1.807, 2.05) is 13.8 Å². The second-order valence-electron chi connectivity index (χ2n) is 7.29. The van der Waals surface area contributed by atoms with Crippen molar-refractivity contribution in [2.24, 2.45) is 23.7 Å². The van der Waals surface area contributed by atoms with Crippen molar-refractivity contribution in [3.05, 3.63) is 11.6 Å². The highest BCUT2D eigenvalue weighted by Crippen LogP contribution is 2.52. The lowest BCUT2D eigenvalue weighted by molar-refractivity contribution is -0.154. The van der Waals surface area contributed by atoms with E-state index in [1.54, 1.807) is 6.92 Å². The number of rotatable bonds is 1. The fourth-order valence-electron chi connectivity index (χ4n) is 4.68. The molecule has 5 nitrogen and oxygen atoms in total. The lowest BCUT2D eigenvalue weighted by atomic mass is 9.76. The number of carbonyl (C=O) groups is 2. The zero-order chi connectivity index (χ0) is 16.2. The Kier molecular flexibility index (Phi) is 3.59. The minimum Gasteiger partial charge on any atom is -0.462 e. The maximum Gasteiger partial charge on any atom is 0.309 e. The van der Waals surface area contributed by atoms with Crippen LogP contribution < -0.4 is 0 Å². The van der Waals surface area contributed by atoms with Crippen LogP contribution in [-0.4, -0.2) is 34.9 Å². The van der Waals surface area contributed by atoms with Gasteiger partial charge in [0, 0.05) is 31.1 Å². The molecule has 3 aliphatic rings. The fourth-order valence-corrected chi connectivity index (χ4v) is 4.68. The molecule has 0 aromatic carbocycles. The largest absolute Gasteiger partial charge is 0.462 e. The second kappa shape index (κ2) is 5.08. The number of fused-ring (bicyclic) bond motifs is 3. The predicted octanol–water partition coefficient (Wildman–Crippen LogP) is 1.83. The van der Waals surface area contributed by atoms with Crippen molar-refractivity contribution in [1.29, 1.82) is 0 Å². The van der Waals surface area contributed by atoms with Gasteiger partial charge in [0.2, 0.25) is 0 Å². The lowest BCUT2D eigenvalue weighted by Crippen LogP contribution is -2.40. The Balaban J connectivity index is 2.03. The minimum absolute atomic E-state index is 0.00124. The molecule has 5 heteroatoms. The van der Waals surface area contributed by atoms with Gasteiger partial charge in [0.15, 0.2) is 0 Å². The van der Waals surface area contributed by atoms with E-state index in [1.165, 1.54) is 6.92 Å². The zero-order valence-electron chi connectivity index (χ0n) is 13.5. The van der Waals surface area contributed by atoms with Crippen LogP contribution in [0.2, 0.25) is 0 Å². The molecule has 22 heavy (non-hydrogen) atoms. The molecule has 0 bridgehead atoms. The Morgan fingerprint density at radius 2 is 2.18 bits per heavy atom. The van der Waals surface area contributed by atoms with Gasteiger partial charge in [-0.1, -0.05) is 18.6 Å². The topological polar surface area (TPSA) is 72.8 Å². The molecule has 1 aliphatic heterocycles. The summed E-state index contributed by atoms with van der Waals surface area (Å²) in [6, 6.07) is 0. The van der Waals surface area contributed by atoms with Crippen molar-refractivity contribution in [2.45, 2.75) is 58.3 Å². The summed E-state index contributed by atoms with van der Waals surface area (Å²) in [5.41, 5.74) is 0.209. The molecule has 2 fully saturated rings. The van der Waals surface area contributed by atoms with Crippen molar-refractivity contribution in [3.8, 4) is 0 Å². The van der Waals surface area contributed by atoms with Crippen LogP contribution >= 0.6 is 0 Å². The quantitative estimate of drug-likeness (QED) is 0.591. The Morgan fingerprint density at radius 3 is 2.82 bits per heavy atom. The van der Waals surface area contributed by atoms with Crippen LogP contribution in [0.5, 0.6) is 0 Å². The van der Waals surface area contributed by atoms with E-state index in [0.717, 1.165) is 12.0 Å². The van der Waals surface area contributed by atoms with Gasteiger partial charge in [-0.05, 0) is 20.3 Å². The molecule has 2 aliphatic carbocycles. The molecule has 1 saturated heterocycles. The number of aliphatic hydroxyl groups is 1. The number of hydrogen-bond acceptors (Lipinski definition) is 5. The summed E-state index contributed by atoms with van der Waals surface area (Å²) in [4.78, 5) is 23.6. The van der Waals surface area contributed by atoms with E-state index in [2.05, 4.69) is 6.08 Å². The molecule has 1 heterocycles. The molecule has 7 atom stereocenters. The van der Waals surface area contributed by atoms with Gasteiger partial charge in [0.05, 0.1) is 11.5 Å². The van der Waals surface area contributed by atoms with Crippen molar-refractivity contribution >= 4 is 11.9 Å². The molecule has 1 saturated carbocycles. The molecule has 0 radical (unpaired) electrons. The fraction of sp³-hybridized carbons (Fsp3) is 0.765. The van der Waals surface area contributed by atoms with Gasteiger partial charge in [-0.3, -0.25) is 9.59 Å². The highest BCUT2D eigenvalue weighted by molar-refractivity contribution is 5.75. The highest BCUT2D eigenvalue weighted by Gasteiger charge is 2.59. The first-order valence-corrected chi connectivity index (χ1v) is 7.99. The Morgan fingerprint density at radius 1 is 1.50 bits per heavy atom. The van der Waals surface area contributed by atoms with Crippen molar-refractivity contribution in [1.82, 2.24) is 0 Å². The van der Waals surface area contributed by atoms with Crippen LogP contribution in [0.25, 0.3) is 0 Å². The average Bonchev–Trinajstić information content (AvgIpc) is 2.87. The van der Waals surface area contributed by atoms with Gasteiger partial charge < -0.3 is 14.6 Å². The molecule has 0 aromatic rings. The summed E-state index contributed by atoms with van der Waals surface area (Å²) in [5.74, 6) is -1.12. The van der Waals surface area contributed by atoms with Crippen LogP contribution in [0.1, 0.15) is 40.5 Å². The number of hydrogen-bond donors (Lipinski definition) is 1. The van der Waals surface area contributed by atoms with Gasteiger partial charge in [0.25, 0.3) is 0 Å². The van der Waals surface area contributed by atoms with Crippen LogP contribution in [0.3, 0.4) is 0 Å². The number of esters is 2. The van der Waals surface area contributed by atoms with E-state index >= 15 is 0 Å². The molecule has 122 valence electrons. The van der Waals surface area contributed by atoms with E-state index in [9.17, 15) is 14.7 Å². The summed E-state index contributed by atoms with van der Waals surface area (Å²) in [6.07, 6.45) is 2.44. The third-order valence-corrected chi connectivity index (χ3v) is 5.75. The number of allylic oxidation sites excluding steroid dienone is 1. The van der Waals surface area contributed by atoms with E-state index in [0.29, 0.717) is 6.42 Å². The van der Waals surface area contributed by atoms with Crippen LogP contribution in [0.15, 0.2) is 11.6 Å². The molecular formula is C17H24O5. The first-order valence-electron chi connectivity index (χ1n) is 7.99. The van der Waals surface area contributed by atoms with Crippen LogP contribution in [0.4, 0.5) is 0 Å². The highest BCUT2D eigenvalue weighted by atomic mass is 16.6. The molecule has 0 amide bonds. The summed E-state index contributed by atoms with van der Waals surface area (Å²) >= 11 is 0. The second-order valence-corrected chi connectivity index (χ2v) is 7.29. The summed E-state index contributed by atoms with van der Waals surface area (Å²) in [7, 11) is 0. The summed E-state index contributed by atoms with van der Waals surface area (Å²) in [6.45, 7) is 7.03. The third-order valence-electron chi connectivity index (χ3n) is 5.75. The average molecular weight is 308 g/mol. The Hall–Kier alpha value is -1.36. The Labute approximate surface area is 130 Å². The molecule has 0 unspecified atom stereocenters. The number of carbonyl (C=O) groups excluding carboxylic acids is 2. The van der Waals surface area contributed by atoms with Gasteiger partial charge in [0.1, 0.15) is 12.2 Å². The van der Waals surface area contributed by atoms with E-state index < -0.39 is 11.7 Å². The van der Waals surface area contributed by atoms with Gasteiger partial charge in [-0.2, -0.15) is 0 Å². The zero-order valence-corrected chi connectivity index (χ0v) is 13.5. The molecule has 1 N–H and O–H groups in total. The SMILES string of the molecule is CC(=O)O[C@H]1C[C@@](C)(O)[C@@H]2CC=C(C)[C@@H]2[C@H]2OC(=O)[C@@H](C)[C@@H]21. The standard InChI is InChI=1S/C17H24O5/c1-8-5-6-11-13(8)15-14(9(2)16(19)22-15)12(21-10(3)18)7-17(11,4)20/h5,9,11-15,20H,6-7H2,1-4H3/t9-,11+,12-,13-,14+,15+,17+/m0/s1. The predicted molar refractivity (Wildman–Crippen MR) is 78.7 cm³/mol. The smallest absolute Gasteiger partial charge is 0.309 e. The first kappa shape index (κ1) is 15.5. The van der Waals surface area contributed by atoms with Crippen LogP contribution in [0, 0.1) is 23.7 Å². The maximum absolute atomic E-state index is 12.1. The van der Waals surface area contributed by atoms with Gasteiger partial charge in [-0.15, -0.1) is 0 Å². The van der Waals surface area contributed by atoms with Crippen molar-refractivity contribution in [2.75, 3.05) is 0 Å². The number of ether oxygens (including phenoxy) is 2. The van der Waals surface area contributed by atoms with E-state index in [4.69, 9.17) is 9.47 Å². The molecule has 3 rings (SSSR count). The van der Waals surface area contributed by atoms with Crippen molar-refractivity contribution < 1.29 is 24.2 Å². The van der Waals surface area contributed by atoms with Gasteiger partial charge in [-0.25, -0.2) is 0 Å². The van der Waals surface area contributed by atoms with Crippen molar-refractivity contribution in [3.63, 3.8) is 0 Å². The normalized spacial score (nSPS) is 47.1. The van der Waals surface area contributed by atoms with E-state index in [-0.39, 0.29) is 41.7 Å². The molecule has 0 aromatic heterocycles. The summed E-state index contributed by atoms with van der Waals surface area (Å²) < 4.78 is 11.2. The molecular weight excluding hydrogens is 284 g/mol. The monoisotopic (exact) mass is 308 g/mol. The lowest BCUT2D eigenvalue weighted by Gasteiger charge is -2.34.